The summed E-state index contributed by atoms with van der Waals surface area (Å²) in [5.74, 6) is 1.84. The number of rotatable bonds is 7. The molecule has 0 saturated carbocycles. The predicted molar refractivity (Wildman–Crippen MR) is 123 cm³/mol. The molecule has 0 spiro atoms. The molecule has 0 bridgehead atoms. The van der Waals surface area contributed by atoms with Crippen LogP contribution in [0.1, 0.15) is 69.5 Å². The van der Waals surface area contributed by atoms with Crippen LogP contribution in [0.4, 0.5) is 0 Å². The number of aromatic hydroxyl groups is 1. The van der Waals surface area contributed by atoms with Gasteiger partial charge in [-0.3, -0.25) is 10.3 Å². The molecule has 0 fully saturated rings. The van der Waals surface area contributed by atoms with Crippen molar-refractivity contribution >= 4 is 21.6 Å². The van der Waals surface area contributed by atoms with Crippen molar-refractivity contribution in [2.75, 3.05) is 6.79 Å². The first-order valence-electron chi connectivity index (χ1n) is 10.7. The zero-order chi connectivity index (χ0) is 21.1. The maximum atomic E-state index is 10.5. The lowest BCUT2D eigenvalue weighted by Gasteiger charge is -2.38. The summed E-state index contributed by atoms with van der Waals surface area (Å²) in [5, 5.41) is 14.3. The fourth-order valence-corrected chi connectivity index (χ4v) is 4.65. The van der Waals surface area contributed by atoms with Gasteiger partial charge in [-0.2, -0.15) is 0 Å². The highest BCUT2D eigenvalue weighted by Crippen LogP contribution is 2.38. The first kappa shape index (κ1) is 21.2. The van der Waals surface area contributed by atoms with Crippen LogP contribution in [0.25, 0.3) is 0 Å². The molecule has 2 N–H and O–H groups in total. The Hall–Kier alpha value is -2.05. The fraction of sp³-hybridized carbons (Fsp3) is 0.458. The van der Waals surface area contributed by atoms with Crippen LogP contribution in [-0.2, 0) is 0 Å². The van der Waals surface area contributed by atoms with Crippen molar-refractivity contribution in [2.45, 2.75) is 64.1 Å². The molecule has 0 amide bonds. The molecule has 0 unspecified atom stereocenters. The number of phenolic OH excluding ortho intramolecular Hbond substituents is 1. The summed E-state index contributed by atoms with van der Waals surface area (Å²) in [5.41, 5.74) is 2.56. The van der Waals surface area contributed by atoms with Gasteiger partial charge in [0.25, 0.3) is 0 Å². The molecule has 160 valence electrons. The van der Waals surface area contributed by atoms with E-state index in [0.29, 0.717) is 12.2 Å². The minimum absolute atomic E-state index is 0.0309. The van der Waals surface area contributed by atoms with Gasteiger partial charge in [-0.25, -0.2) is 0 Å². The van der Waals surface area contributed by atoms with Crippen LogP contribution < -0.4 is 14.8 Å². The molecular formula is C24H29BrN2O3. The van der Waals surface area contributed by atoms with Gasteiger partial charge < -0.3 is 14.6 Å². The van der Waals surface area contributed by atoms with Gasteiger partial charge in [-0.15, -0.1) is 0 Å². The number of hydrogen-bond acceptors (Lipinski definition) is 5. The van der Waals surface area contributed by atoms with Crippen molar-refractivity contribution in [3.8, 4) is 17.2 Å². The van der Waals surface area contributed by atoms with Crippen LogP contribution in [0.5, 0.6) is 17.2 Å². The Morgan fingerprint density at radius 1 is 1.13 bits per heavy atom. The van der Waals surface area contributed by atoms with E-state index in [2.05, 4.69) is 35.1 Å². The van der Waals surface area contributed by atoms with Crippen molar-refractivity contribution in [3.63, 3.8) is 0 Å². The number of aliphatic imine (C=N–C) groups is 1. The first-order valence-corrected chi connectivity index (χ1v) is 11.5. The zero-order valence-electron chi connectivity index (χ0n) is 17.6. The molecule has 5 nitrogen and oxygen atoms in total. The minimum atomic E-state index is -0.392. The quantitative estimate of drug-likeness (QED) is 0.478. The van der Waals surface area contributed by atoms with E-state index in [0.717, 1.165) is 45.7 Å². The monoisotopic (exact) mass is 472 g/mol. The van der Waals surface area contributed by atoms with Crippen molar-refractivity contribution in [3.05, 3.63) is 52.0 Å². The lowest BCUT2D eigenvalue weighted by atomic mass is 9.90. The molecule has 2 heterocycles. The Balaban J connectivity index is 1.66. The molecule has 30 heavy (non-hydrogen) atoms. The number of benzene rings is 2. The normalized spacial score (nSPS) is 22.8. The van der Waals surface area contributed by atoms with Crippen molar-refractivity contribution in [2.24, 2.45) is 4.99 Å². The zero-order valence-corrected chi connectivity index (χ0v) is 19.2. The molecule has 2 atom stereocenters. The van der Waals surface area contributed by atoms with Crippen LogP contribution in [0.3, 0.4) is 0 Å². The van der Waals surface area contributed by atoms with E-state index in [1.165, 1.54) is 19.3 Å². The average molecular weight is 473 g/mol. The van der Waals surface area contributed by atoms with Gasteiger partial charge >= 0.3 is 0 Å². The van der Waals surface area contributed by atoms with Gasteiger partial charge in [0, 0.05) is 28.2 Å². The Morgan fingerprint density at radius 2 is 1.97 bits per heavy atom. The molecular weight excluding hydrogens is 444 g/mol. The number of halogens is 1. The molecule has 0 aromatic heterocycles. The summed E-state index contributed by atoms with van der Waals surface area (Å²) in [6, 6.07) is 11.6. The molecule has 6 heteroatoms. The van der Waals surface area contributed by atoms with E-state index in [9.17, 15) is 5.11 Å². The van der Waals surface area contributed by atoms with Gasteiger partial charge in [0.05, 0.1) is 0 Å². The standard InChI is InChI=1S/C24H29BrN2O3/c1-3-4-5-6-11-24(2)26-19(16-7-10-22-23(12-16)30-15-29-22)14-20(27-24)18-13-17(25)8-9-21(18)28/h7-10,12-13,20,27-28H,3-6,11,14-15H2,1-2H3/t20-,24-/m0/s1. The van der Waals surface area contributed by atoms with Crippen LogP contribution in [0.2, 0.25) is 0 Å². The van der Waals surface area contributed by atoms with Gasteiger partial charge in [-0.1, -0.05) is 42.1 Å². The average Bonchev–Trinajstić information content (AvgIpc) is 3.20. The van der Waals surface area contributed by atoms with Gasteiger partial charge in [-0.05, 0) is 61.7 Å². The van der Waals surface area contributed by atoms with Crippen LogP contribution in [0, 0.1) is 0 Å². The second-order valence-electron chi connectivity index (χ2n) is 8.32. The SMILES string of the molecule is CCCCCC[C@@]1(C)N=C(c2ccc3c(c2)OCO3)C[C@@H](c2cc(Br)ccc2O)N1. The number of phenols is 1. The molecule has 0 radical (unpaired) electrons. The maximum absolute atomic E-state index is 10.5. The molecule has 2 aliphatic heterocycles. The summed E-state index contributed by atoms with van der Waals surface area (Å²) >= 11 is 3.54. The van der Waals surface area contributed by atoms with E-state index in [1.54, 1.807) is 6.07 Å². The van der Waals surface area contributed by atoms with Crippen molar-refractivity contribution in [1.29, 1.82) is 0 Å². The summed E-state index contributed by atoms with van der Waals surface area (Å²) in [6.07, 6.45) is 6.41. The minimum Gasteiger partial charge on any atom is -0.508 e. The van der Waals surface area contributed by atoms with E-state index >= 15 is 0 Å². The molecule has 0 aliphatic carbocycles. The summed E-state index contributed by atoms with van der Waals surface area (Å²) < 4.78 is 12.0. The highest BCUT2D eigenvalue weighted by molar-refractivity contribution is 9.10. The third-order valence-electron chi connectivity index (χ3n) is 5.85. The Labute approximate surface area is 186 Å². The maximum Gasteiger partial charge on any atom is 0.231 e. The number of nitrogens with one attached hydrogen (secondary N) is 1. The van der Waals surface area contributed by atoms with Gasteiger partial charge in [0.2, 0.25) is 6.79 Å². The van der Waals surface area contributed by atoms with Crippen LogP contribution in [-0.4, -0.2) is 23.3 Å². The molecule has 0 saturated heterocycles. The van der Waals surface area contributed by atoms with Crippen molar-refractivity contribution in [1.82, 2.24) is 5.32 Å². The molecule has 2 aliphatic rings. The lowest BCUT2D eigenvalue weighted by Crippen LogP contribution is -2.47. The molecule has 4 rings (SSSR count). The Bertz CT molecular complexity index is 946. The molecule has 2 aromatic rings. The van der Waals surface area contributed by atoms with Crippen LogP contribution in [0.15, 0.2) is 45.9 Å². The topological polar surface area (TPSA) is 63.1 Å². The summed E-state index contributed by atoms with van der Waals surface area (Å²) in [7, 11) is 0. The number of ether oxygens (including phenoxy) is 2. The van der Waals surface area contributed by atoms with E-state index in [1.807, 2.05) is 30.3 Å². The lowest BCUT2D eigenvalue weighted by molar-refractivity contribution is 0.174. The van der Waals surface area contributed by atoms with Gasteiger partial charge in [0.1, 0.15) is 11.4 Å². The van der Waals surface area contributed by atoms with Gasteiger partial charge in [0.15, 0.2) is 11.5 Å². The third-order valence-corrected chi connectivity index (χ3v) is 6.35. The van der Waals surface area contributed by atoms with E-state index in [-0.39, 0.29) is 12.8 Å². The van der Waals surface area contributed by atoms with Crippen molar-refractivity contribution < 1.29 is 14.6 Å². The number of fused-ring (bicyclic) bond motifs is 1. The fourth-order valence-electron chi connectivity index (χ4n) is 4.27. The number of hydrogen-bond donors (Lipinski definition) is 2. The summed E-state index contributed by atoms with van der Waals surface area (Å²) in [4.78, 5) is 5.15. The largest absolute Gasteiger partial charge is 0.508 e. The Kier molecular flexibility index (Phi) is 6.34. The second kappa shape index (κ2) is 8.98. The van der Waals surface area contributed by atoms with E-state index < -0.39 is 5.66 Å². The number of nitrogens with zero attached hydrogens (tertiary/aromatic N) is 1. The highest BCUT2D eigenvalue weighted by Gasteiger charge is 2.34. The van der Waals surface area contributed by atoms with E-state index in [4.69, 9.17) is 14.5 Å². The second-order valence-corrected chi connectivity index (χ2v) is 9.23. The third kappa shape index (κ3) is 4.65. The highest BCUT2D eigenvalue weighted by atomic mass is 79.9. The summed E-state index contributed by atoms with van der Waals surface area (Å²) in [6.45, 7) is 4.64. The molecule has 2 aromatic carbocycles. The first-order chi connectivity index (χ1) is 14.5. The predicted octanol–water partition coefficient (Wildman–Crippen LogP) is 6.09. The Morgan fingerprint density at radius 3 is 2.80 bits per heavy atom. The number of unbranched alkanes of at least 4 members (excludes halogenated alkanes) is 3. The smallest absolute Gasteiger partial charge is 0.231 e. The van der Waals surface area contributed by atoms with Crippen LogP contribution >= 0.6 is 15.9 Å².